The van der Waals surface area contributed by atoms with Gasteiger partial charge in [0.05, 0.1) is 11.0 Å². The molecule has 1 saturated carbocycles. The van der Waals surface area contributed by atoms with Gasteiger partial charge in [-0.15, -0.1) is 0 Å². The highest BCUT2D eigenvalue weighted by molar-refractivity contribution is 5.50. The average molecular weight is 274 g/mol. The average Bonchev–Trinajstić information content (AvgIpc) is 2.41. The molecule has 1 fully saturated rings. The summed E-state index contributed by atoms with van der Waals surface area (Å²) in [6.45, 7) is 4.49. The number of hydrogen-bond donors (Lipinski definition) is 0. The van der Waals surface area contributed by atoms with Gasteiger partial charge < -0.3 is 4.74 Å². The van der Waals surface area contributed by atoms with Gasteiger partial charge in [-0.2, -0.15) is 5.26 Å². The molecule has 0 bridgehead atoms. The molecule has 0 unspecified atom stereocenters. The molecule has 1 aromatic carbocycles. The van der Waals surface area contributed by atoms with Crippen LogP contribution >= 0.6 is 0 Å². The van der Waals surface area contributed by atoms with Crippen LogP contribution in [0.25, 0.3) is 0 Å². The number of nitro benzene ring substituents is 1. The molecule has 0 N–H and O–H groups in total. The van der Waals surface area contributed by atoms with E-state index in [0.29, 0.717) is 11.2 Å². The summed E-state index contributed by atoms with van der Waals surface area (Å²) in [7, 11) is 0. The fourth-order valence-corrected chi connectivity index (χ4v) is 2.49. The van der Waals surface area contributed by atoms with Gasteiger partial charge in [0, 0.05) is 12.1 Å². The third kappa shape index (κ3) is 3.27. The molecule has 0 atom stereocenters. The number of nitrogens with zero attached hydrogens (tertiary/aromatic N) is 2. The van der Waals surface area contributed by atoms with Crippen LogP contribution < -0.4 is 4.74 Å². The predicted octanol–water partition coefficient (Wildman–Crippen LogP) is 3.81. The van der Waals surface area contributed by atoms with Crippen LogP contribution in [0.5, 0.6) is 5.75 Å². The molecule has 0 radical (unpaired) electrons. The lowest BCUT2D eigenvalue weighted by molar-refractivity contribution is -0.384. The standard InChI is InChI=1S/C15H18N2O3/c1-15(2)7-5-13(6-8-15)20-14-4-3-12(17(18)19)9-11(14)10-16/h3-4,9,13H,5-8H2,1-2H3. The molecule has 0 amide bonds. The van der Waals surface area contributed by atoms with Crippen molar-refractivity contribution in [3.63, 3.8) is 0 Å². The first-order chi connectivity index (χ1) is 9.41. The summed E-state index contributed by atoms with van der Waals surface area (Å²) in [5, 5.41) is 19.8. The van der Waals surface area contributed by atoms with Crippen molar-refractivity contribution in [2.24, 2.45) is 5.41 Å². The lowest BCUT2D eigenvalue weighted by atomic mass is 9.76. The highest BCUT2D eigenvalue weighted by Gasteiger charge is 2.28. The molecule has 5 nitrogen and oxygen atoms in total. The van der Waals surface area contributed by atoms with Crippen molar-refractivity contribution in [1.82, 2.24) is 0 Å². The number of non-ortho nitro benzene ring substituents is 1. The van der Waals surface area contributed by atoms with E-state index >= 15 is 0 Å². The predicted molar refractivity (Wildman–Crippen MR) is 74.5 cm³/mol. The molecular weight excluding hydrogens is 256 g/mol. The molecule has 0 heterocycles. The van der Waals surface area contributed by atoms with E-state index in [0.717, 1.165) is 25.7 Å². The van der Waals surface area contributed by atoms with Crippen LogP contribution in [0, 0.1) is 26.9 Å². The van der Waals surface area contributed by atoms with E-state index < -0.39 is 4.92 Å². The Kier molecular flexibility index (Phi) is 3.93. The number of nitriles is 1. The van der Waals surface area contributed by atoms with Crippen molar-refractivity contribution in [3.05, 3.63) is 33.9 Å². The van der Waals surface area contributed by atoms with Gasteiger partial charge in [0.2, 0.25) is 0 Å². The number of hydrogen-bond acceptors (Lipinski definition) is 4. The molecule has 0 aliphatic heterocycles. The van der Waals surface area contributed by atoms with Gasteiger partial charge in [0.15, 0.2) is 0 Å². The Bertz CT molecular complexity index is 551. The number of benzene rings is 1. The van der Waals surface area contributed by atoms with Crippen LogP contribution in [0.3, 0.4) is 0 Å². The SMILES string of the molecule is CC1(C)CCC(Oc2ccc([N+](=O)[O-])cc2C#N)CC1. The van der Waals surface area contributed by atoms with Crippen molar-refractivity contribution >= 4 is 5.69 Å². The zero-order chi connectivity index (χ0) is 14.8. The van der Waals surface area contributed by atoms with E-state index in [4.69, 9.17) is 10.00 Å². The smallest absolute Gasteiger partial charge is 0.271 e. The van der Waals surface area contributed by atoms with Crippen LogP contribution in [0.2, 0.25) is 0 Å². The van der Waals surface area contributed by atoms with E-state index in [1.807, 2.05) is 6.07 Å². The van der Waals surface area contributed by atoms with Crippen molar-refractivity contribution in [3.8, 4) is 11.8 Å². The maximum atomic E-state index is 10.7. The monoisotopic (exact) mass is 274 g/mol. The Morgan fingerprint density at radius 3 is 2.60 bits per heavy atom. The molecule has 106 valence electrons. The number of nitro groups is 1. The second kappa shape index (κ2) is 5.49. The first-order valence-corrected chi connectivity index (χ1v) is 6.76. The maximum absolute atomic E-state index is 10.7. The van der Waals surface area contributed by atoms with Gasteiger partial charge in [-0.05, 0) is 37.2 Å². The molecule has 20 heavy (non-hydrogen) atoms. The summed E-state index contributed by atoms with van der Waals surface area (Å²) in [6.07, 6.45) is 4.18. The summed E-state index contributed by atoms with van der Waals surface area (Å²) in [6, 6.07) is 6.14. The minimum absolute atomic E-state index is 0.0846. The third-order valence-corrected chi connectivity index (χ3v) is 3.87. The summed E-state index contributed by atoms with van der Waals surface area (Å²) in [4.78, 5) is 10.2. The van der Waals surface area contributed by atoms with Crippen molar-refractivity contribution in [2.45, 2.75) is 45.6 Å². The van der Waals surface area contributed by atoms with Gasteiger partial charge >= 0.3 is 0 Å². The Hall–Kier alpha value is -2.09. The van der Waals surface area contributed by atoms with Gasteiger partial charge in [-0.3, -0.25) is 10.1 Å². The Morgan fingerprint density at radius 2 is 2.05 bits per heavy atom. The molecule has 2 rings (SSSR count). The fourth-order valence-electron chi connectivity index (χ4n) is 2.49. The lowest BCUT2D eigenvalue weighted by Crippen LogP contribution is -2.28. The van der Waals surface area contributed by atoms with Crippen LogP contribution in [0.1, 0.15) is 45.1 Å². The maximum Gasteiger partial charge on any atom is 0.271 e. The molecule has 0 saturated heterocycles. The van der Waals surface area contributed by atoms with Crippen molar-refractivity contribution < 1.29 is 9.66 Å². The normalized spacial score (nSPS) is 18.2. The minimum atomic E-state index is -0.506. The molecule has 1 aliphatic rings. The Balaban J connectivity index is 2.10. The van der Waals surface area contributed by atoms with Gasteiger partial charge in [0.25, 0.3) is 5.69 Å². The second-order valence-corrected chi connectivity index (χ2v) is 6.03. The highest BCUT2D eigenvalue weighted by Crippen LogP contribution is 2.37. The van der Waals surface area contributed by atoms with Gasteiger partial charge in [-0.1, -0.05) is 13.8 Å². The summed E-state index contributed by atoms with van der Waals surface area (Å²) < 4.78 is 5.86. The first kappa shape index (κ1) is 14.3. The van der Waals surface area contributed by atoms with Gasteiger partial charge in [0.1, 0.15) is 17.4 Å². The molecule has 0 aromatic heterocycles. The quantitative estimate of drug-likeness (QED) is 0.620. The van der Waals surface area contributed by atoms with Crippen molar-refractivity contribution in [1.29, 1.82) is 5.26 Å². The van der Waals surface area contributed by atoms with E-state index in [2.05, 4.69) is 13.8 Å². The van der Waals surface area contributed by atoms with E-state index in [1.54, 1.807) is 0 Å². The van der Waals surface area contributed by atoms with Gasteiger partial charge in [-0.25, -0.2) is 0 Å². The van der Waals surface area contributed by atoms with Crippen LogP contribution in [-0.2, 0) is 0 Å². The minimum Gasteiger partial charge on any atom is -0.489 e. The number of rotatable bonds is 3. The van der Waals surface area contributed by atoms with E-state index in [-0.39, 0.29) is 17.4 Å². The largest absolute Gasteiger partial charge is 0.489 e. The third-order valence-electron chi connectivity index (χ3n) is 3.87. The zero-order valence-electron chi connectivity index (χ0n) is 11.8. The molecule has 0 spiro atoms. The van der Waals surface area contributed by atoms with E-state index in [9.17, 15) is 10.1 Å². The molecular formula is C15H18N2O3. The topological polar surface area (TPSA) is 76.2 Å². The van der Waals surface area contributed by atoms with E-state index in [1.165, 1.54) is 18.2 Å². The first-order valence-electron chi connectivity index (χ1n) is 6.76. The Labute approximate surface area is 118 Å². The number of ether oxygens (including phenoxy) is 1. The fraction of sp³-hybridized carbons (Fsp3) is 0.533. The molecule has 1 aromatic rings. The van der Waals surface area contributed by atoms with Crippen LogP contribution in [0.4, 0.5) is 5.69 Å². The van der Waals surface area contributed by atoms with Crippen molar-refractivity contribution in [2.75, 3.05) is 0 Å². The summed E-state index contributed by atoms with van der Waals surface area (Å²) >= 11 is 0. The van der Waals surface area contributed by atoms with Crippen LogP contribution in [0.15, 0.2) is 18.2 Å². The summed E-state index contributed by atoms with van der Waals surface area (Å²) in [5.74, 6) is 0.447. The highest BCUT2D eigenvalue weighted by atomic mass is 16.6. The molecule has 5 heteroatoms. The zero-order valence-corrected chi connectivity index (χ0v) is 11.8. The lowest BCUT2D eigenvalue weighted by Gasteiger charge is -2.34. The molecule has 1 aliphatic carbocycles. The Morgan fingerprint density at radius 1 is 1.40 bits per heavy atom. The second-order valence-electron chi connectivity index (χ2n) is 6.03. The van der Waals surface area contributed by atoms with Crippen LogP contribution in [-0.4, -0.2) is 11.0 Å². The summed E-state index contributed by atoms with van der Waals surface area (Å²) in [5.41, 5.74) is 0.496.